The third kappa shape index (κ3) is 2.16. The molecule has 0 saturated heterocycles. The van der Waals surface area contributed by atoms with E-state index in [1.54, 1.807) is 19.2 Å². The Morgan fingerprint density at radius 3 is 2.71 bits per heavy atom. The molecular weight excluding hydrogens is 214 g/mol. The number of nitrogens with zero attached hydrogens (tertiary/aromatic N) is 1. The Morgan fingerprint density at radius 2 is 2.18 bits per heavy atom. The van der Waals surface area contributed by atoms with Crippen molar-refractivity contribution in [2.24, 2.45) is 11.8 Å². The van der Waals surface area contributed by atoms with Crippen molar-refractivity contribution >= 4 is 5.78 Å². The lowest BCUT2D eigenvalue weighted by Gasteiger charge is -2.12. The topological polar surface area (TPSA) is 50.1 Å². The summed E-state index contributed by atoms with van der Waals surface area (Å²) >= 11 is 0. The summed E-state index contributed by atoms with van der Waals surface area (Å²) in [6, 6.07) is 9.34. The molecule has 1 saturated carbocycles. The normalized spacial score (nSPS) is 23.6. The highest BCUT2D eigenvalue weighted by molar-refractivity contribution is 5.93. The van der Waals surface area contributed by atoms with Crippen LogP contribution in [0.3, 0.4) is 0 Å². The monoisotopic (exact) mass is 229 g/mol. The number of benzene rings is 1. The molecule has 0 N–H and O–H groups in total. The Hall–Kier alpha value is -1.82. The van der Waals surface area contributed by atoms with Gasteiger partial charge in [0.25, 0.3) is 0 Å². The lowest BCUT2D eigenvalue weighted by Crippen LogP contribution is -2.14. The first-order valence-electron chi connectivity index (χ1n) is 5.75. The second-order valence-electron chi connectivity index (χ2n) is 4.53. The number of Topliss-reactive ketones (excluding diaryl/α,β-unsaturated/α-hetero) is 1. The van der Waals surface area contributed by atoms with Crippen LogP contribution in [0, 0.1) is 23.2 Å². The maximum Gasteiger partial charge on any atom is 0.157 e. The molecule has 1 aromatic carbocycles. The molecule has 17 heavy (non-hydrogen) atoms. The van der Waals surface area contributed by atoms with Gasteiger partial charge in [0.2, 0.25) is 0 Å². The molecule has 0 radical (unpaired) electrons. The van der Waals surface area contributed by atoms with E-state index in [9.17, 15) is 10.1 Å². The van der Waals surface area contributed by atoms with Gasteiger partial charge in [-0.3, -0.25) is 4.79 Å². The van der Waals surface area contributed by atoms with Gasteiger partial charge in [-0.05, 0) is 18.4 Å². The highest BCUT2D eigenvalue weighted by atomic mass is 16.5. The van der Waals surface area contributed by atoms with Crippen LogP contribution in [0.1, 0.15) is 24.8 Å². The van der Waals surface area contributed by atoms with Crippen LogP contribution in [0.4, 0.5) is 0 Å². The smallest absolute Gasteiger partial charge is 0.157 e. The molecule has 1 fully saturated rings. The van der Waals surface area contributed by atoms with Crippen LogP contribution in [0.15, 0.2) is 24.3 Å². The zero-order valence-electron chi connectivity index (χ0n) is 10.0. The van der Waals surface area contributed by atoms with Crippen LogP contribution in [-0.2, 0) is 4.79 Å². The van der Waals surface area contributed by atoms with Gasteiger partial charge < -0.3 is 4.74 Å². The third-order valence-corrected chi connectivity index (χ3v) is 3.34. The van der Waals surface area contributed by atoms with Gasteiger partial charge in [0.1, 0.15) is 11.7 Å². The average Bonchev–Trinajstić information content (AvgIpc) is 3.08. The summed E-state index contributed by atoms with van der Waals surface area (Å²) in [7, 11) is 1.55. The summed E-state index contributed by atoms with van der Waals surface area (Å²) in [5.41, 5.74) is 0.682. The Kier molecular flexibility index (Phi) is 3.14. The van der Waals surface area contributed by atoms with Crippen molar-refractivity contribution in [2.45, 2.75) is 19.3 Å². The van der Waals surface area contributed by atoms with Gasteiger partial charge in [0, 0.05) is 11.5 Å². The largest absolute Gasteiger partial charge is 0.496 e. The van der Waals surface area contributed by atoms with Crippen molar-refractivity contribution < 1.29 is 9.53 Å². The Labute approximate surface area is 101 Å². The number of ketones is 1. The minimum atomic E-state index is -0.693. The molecule has 2 rings (SSSR count). The van der Waals surface area contributed by atoms with Crippen molar-refractivity contribution in [3.63, 3.8) is 0 Å². The molecule has 0 amide bonds. The van der Waals surface area contributed by atoms with Gasteiger partial charge in [-0.15, -0.1) is 0 Å². The molecule has 0 heterocycles. The van der Waals surface area contributed by atoms with Crippen LogP contribution >= 0.6 is 0 Å². The number of carbonyl (C=O) groups excluding carboxylic acids is 1. The number of hydrogen-bond acceptors (Lipinski definition) is 3. The van der Waals surface area contributed by atoms with E-state index in [2.05, 4.69) is 6.07 Å². The lowest BCUT2D eigenvalue weighted by molar-refractivity contribution is -0.120. The van der Waals surface area contributed by atoms with E-state index < -0.39 is 5.92 Å². The number of nitriles is 1. The van der Waals surface area contributed by atoms with E-state index in [0.29, 0.717) is 17.2 Å². The average molecular weight is 229 g/mol. The molecule has 1 aliphatic carbocycles. The predicted molar refractivity (Wildman–Crippen MR) is 63.6 cm³/mol. The third-order valence-electron chi connectivity index (χ3n) is 3.34. The minimum Gasteiger partial charge on any atom is -0.496 e. The Morgan fingerprint density at radius 1 is 1.53 bits per heavy atom. The van der Waals surface area contributed by atoms with E-state index in [1.165, 1.54) is 0 Å². The van der Waals surface area contributed by atoms with E-state index in [1.807, 2.05) is 19.1 Å². The van der Waals surface area contributed by atoms with Gasteiger partial charge in [-0.2, -0.15) is 5.26 Å². The first-order valence-corrected chi connectivity index (χ1v) is 5.75. The van der Waals surface area contributed by atoms with Crippen LogP contribution in [0.25, 0.3) is 0 Å². The molecule has 0 aromatic heterocycles. The lowest BCUT2D eigenvalue weighted by atomic mass is 9.92. The highest BCUT2D eigenvalue weighted by Gasteiger charge is 2.43. The fourth-order valence-corrected chi connectivity index (χ4v) is 2.12. The molecular formula is C14H15NO2. The molecule has 3 nitrogen and oxygen atoms in total. The summed E-state index contributed by atoms with van der Waals surface area (Å²) < 4.78 is 5.20. The molecule has 0 aliphatic heterocycles. The summed E-state index contributed by atoms with van der Waals surface area (Å²) in [4.78, 5) is 12.1. The Bertz CT molecular complexity index is 475. The van der Waals surface area contributed by atoms with E-state index in [4.69, 9.17) is 4.74 Å². The SMILES string of the molecule is COc1ccccc1C(C#N)C(=O)C1CC1C. The molecule has 3 atom stereocenters. The first kappa shape index (κ1) is 11.7. The summed E-state index contributed by atoms with van der Waals surface area (Å²) in [6.45, 7) is 2.04. The number of hydrogen-bond donors (Lipinski definition) is 0. The van der Waals surface area contributed by atoms with Crippen molar-refractivity contribution in [3.8, 4) is 11.8 Å². The molecule has 0 bridgehead atoms. The number of rotatable bonds is 4. The second kappa shape index (κ2) is 4.58. The van der Waals surface area contributed by atoms with Gasteiger partial charge in [0.15, 0.2) is 5.78 Å². The fraction of sp³-hybridized carbons (Fsp3) is 0.429. The number of carbonyl (C=O) groups is 1. The number of ether oxygens (including phenoxy) is 1. The van der Waals surface area contributed by atoms with Crippen molar-refractivity contribution in [3.05, 3.63) is 29.8 Å². The maximum atomic E-state index is 12.1. The molecule has 88 valence electrons. The second-order valence-corrected chi connectivity index (χ2v) is 4.53. The van der Waals surface area contributed by atoms with Crippen LogP contribution in [0.5, 0.6) is 5.75 Å². The summed E-state index contributed by atoms with van der Waals surface area (Å²) in [5.74, 6) is 0.434. The molecule has 1 aromatic rings. The summed E-state index contributed by atoms with van der Waals surface area (Å²) in [6.07, 6.45) is 0.909. The van der Waals surface area contributed by atoms with Crippen molar-refractivity contribution in [1.82, 2.24) is 0 Å². The van der Waals surface area contributed by atoms with Gasteiger partial charge in [-0.1, -0.05) is 25.1 Å². The summed E-state index contributed by atoms with van der Waals surface area (Å²) in [5, 5.41) is 9.21. The van der Waals surface area contributed by atoms with Crippen LogP contribution < -0.4 is 4.74 Å². The van der Waals surface area contributed by atoms with Gasteiger partial charge >= 0.3 is 0 Å². The number of para-hydroxylation sites is 1. The molecule has 3 unspecified atom stereocenters. The minimum absolute atomic E-state index is 0.0319. The fourth-order valence-electron chi connectivity index (χ4n) is 2.12. The highest BCUT2D eigenvalue weighted by Crippen LogP contribution is 2.42. The molecule has 1 aliphatic rings. The van der Waals surface area contributed by atoms with Crippen molar-refractivity contribution in [2.75, 3.05) is 7.11 Å². The van der Waals surface area contributed by atoms with Gasteiger partial charge in [0.05, 0.1) is 13.2 Å². The standard InChI is InChI=1S/C14H15NO2/c1-9-7-11(9)14(16)12(8-15)10-5-3-4-6-13(10)17-2/h3-6,9,11-12H,7H2,1-2H3. The molecule has 3 heteroatoms. The zero-order chi connectivity index (χ0) is 12.4. The first-order chi connectivity index (χ1) is 8.19. The molecule has 0 spiro atoms. The van der Waals surface area contributed by atoms with Crippen LogP contribution in [0.2, 0.25) is 0 Å². The quantitative estimate of drug-likeness (QED) is 0.797. The zero-order valence-corrected chi connectivity index (χ0v) is 10.0. The van der Waals surface area contributed by atoms with E-state index >= 15 is 0 Å². The Balaban J connectivity index is 2.29. The van der Waals surface area contributed by atoms with Crippen LogP contribution in [-0.4, -0.2) is 12.9 Å². The number of methoxy groups -OCH3 is 1. The van der Waals surface area contributed by atoms with Gasteiger partial charge in [-0.25, -0.2) is 0 Å². The predicted octanol–water partition coefficient (Wildman–Crippen LogP) is 2.53. The maximum absolute atomic E-state index is 12.1. The van der Waals surface area contributed by atoms with E-state index in [-0.39, 0.29) is 11.7 Å². The van der Waals surface area contributed by atoms with Crippen molar-refractivity contribution in [1.29, 1.82) is 5.26 Å². The van der Waals surface area contributed by atoms with E-state index in [0.717, 1.165) is 6.42 Å².